The highest BCUT2D eigenvalue weighted by atomic mass is 14.7. The van der Waals surface area contributed by atoms with Gasteiger partial charge in [0.15, 0.2) is 0 Å². The average Bonchev–Trinajstić information content (AvgIpc) is 3.10. The Hall–Kier alpha value is -3.32. The molecule has 1 heteroatoms. The molecule has 0 atom stereocenters. The van der Waals surface area contributed by atoms with Gasteiger partial charge in [0.25, 0.3) is 0 Å². The molecular weight excluding hydrogens is 314 g/mol. The number of fused-ring (bicyclic) bond motifs is 2. The summed E-state index contributed by atoms with van der Waals surface area (Å²) in [4.78, 5) is 3.68. The van der Waals surface area contributed by atoms with E-state index < -0.39 is 0 Å². The van der Waals surface area contributed by atoms with E-state index in [0.29, 0.717) is 0 Å². The molecule has 1 nitrogen and oxygen atoms in total. The Morgan fingerprint density at radius 3 is 1.65 bits per heavy atom. The van der Waals surface area contributed by atoms with Crippen LogP contribution in [-0.2, 0) is 0 Å². The van der Waals surface area contributed by atoms with E-state index in [1.807, 2.05) is 0 Å². The van der Waals surface area contributed by atoms with Crippen molar-refractivity contribution in [2.45, 2.75) is 5.92 Å². The molecule has 5 aromatic rings. The molecule has 1 aromatic heterocycles. The molecule has 0 fully saturated rings. The van der Waals surface area contributed by atoms with Gasteiger partial charge in [-0.3, -0.25) is 0 Å². The van der Waals surface area contributed by atoms with Gasteiger partial charge in [-0.25, -0.2) is 0 Å². The highest BCUT2D eigenvalue weighted by Crippen LogP contribution is 2.34. The number of hydrogen-bond acceptors (Lipinski definition) is 0. The Bertz CT molecular complexity index is 1080. The van der Waals surface area contributed by atoms with Gasteiger partial charge in [-0.2, -0.15) is 0 Å². The Balaban J connectivity index is 1.72. The van der Waals surface area contributed by atoms with Crippen LogP contribution in [0.3, 0.4) is 0 Å². The number of H-pyrrole nitrogens is 1. The van der Waals surface area contributed by atoms with Crippen LogP contribution in [-0.4, -0.2) is 4.98 Å². The van der Waals surface area contributed by atoms with Crippen LogP contribution in [0.25, 0.3) is 21.7 Å². The first-order chi connectivity index (χ1) is 12.9. The number of aromatic nitrogens is 1. The largest absolute Gasteiger partial charge is 0.358 e. The molecule has 4 aromatic carbocycles. The zero-order chi connectivity index (χ0) is 17.3. The first-order valence-electron chi connectivity index (χ1n) is 9.00. The smallest absolute Gasteiger partial charge is 0.0491 e. The number of rotatable bonds is 3. The predicted molar refractivity (Wildman–Crippen MR) is 110 cm³/mol. The van der Waals surface area contributed by atoms with E-state index >= 15 is 0 Å². The third-order valence-corrected chi connectivity index (χ3v) is 5.08. The summed E-state index contributed by atoms with van der Waals surface area (Å²) in [6, 6.07) is 36.8. The Morgan fingerprint density at radius 1 is 0.500 bits per heavy atom. The van der Waals surface area contributed by atoms with E-state index in [4.69, 9.17) is 0 Å². The lowest BCUT2D eigenvalue weighted by Gasteiger charge is -2.17. The minimum absolute atomic E-state index is 0.202. The quantitative estimate of drug-likeness (QED) is 0.388. The standard InChI is InChI=1S/C25H19N/c1-3-9-18(10-4-1)25(19-11-5-2-6-12-19)24-17-22-15-20-13-7-8-14-21(20)16-23(22)26-24/h1-17,25-26H. The maximum absolute atomic E-state index is 3.68. The molecule has 0 saturated heterocycles. The third-order valence-electron chi connectivity index (χ3n) is 5.08. The predicted octanol–water partition coefficient (Wildman–Crippen LogP) is 6.50. The zero-order valence-corrected chi connectivity index (χ0v) is 14.4. The zero-order valence-electron chi connectivity index (χ0n) is 14.4. The number of aromatic amines is 1. The van der Waals surface area contributed by atoms with Crippen molar-refractivity contribution in [3.8, 4) is 0 Å². The first kappa shape index (κ1) is 15.0. The van der Waals surface area contributed by atoms with Gasteiger partial charge in [-0.05, 0) is 40.1 Å². The molecule has 0 unspecified atom stereocenters. The van der Waals surface area contributed by atoms with Gasteiger partial charge in [0, 0.05) is 22.5 Å². The normalized spacial score (nSPS) is 11.4. The lowest BCUT2D eigenvalue weighted by atomic mass is 9.88. The van der Waals surface area contributed by atoms with Crippen LogP contribution in [0.2, 0.25) is 0 Å². The van der Waals surface area contributed by atoms with Crippen molar-refractivity contribution in [1.29, 1.82) is 0 Å². The molecule has 26 heavy (non-hydrogen) atoms. The summed E-state index contributed by atoms with van der Waals surface area (Å²) in [6.07, 6.45) is 0. The van der Waals surface area contributed by atoms with Gasteiger partial charge in [0.05, 0.1) is 0 Å². The second-order valence-corrected chi connectivity index (χ2v) is 6.77. The number of hydrogen-bond donors (Lipinski definition) is 1. The van der Waals surface area contributed by atoms with E-state index in [-0.39, 0.29) is 5.92 Å². The van der Waals surface area contributed by atoms with Gasteiger partial charge in [-0.1, -0.05) is 84.9 Å². The van der Waals surface area contributed by atoms with Crippen LogP contribution in [0.4, 0.5) is 0 Å². The molecule has 0 aliphatic heterocycles. The van der Waals surface area contributed by atoms with Crippen molar-refractivity contribution in [3.63, 3.8) is 0 Å². The van der Waals surface area contributed by atoms with Crippen LogP contribution in [0.15, 0.2) is 103 Å². The second-order valence-electron chi connectivity index (χ2n) is 6.77. The highest BCUT2D eigenvalue weighted by molar-refractivity contribution is 5.97. The van der Waals surface area contributed by atoms with E-state index in [0.717, 1.165) is 0 Å². The van der Waals surface area contributed by atoms with Crippen molar-refractivity contribution >= 4 is 21.7 Å². The van der Waals surface area contributed by atoms with Gasteiger partial charge in [-0.15, -0.1) is 0 Å². The van der Waals surface area contributed by atoms with Crippen LogP contribution in [0.1, 0.15) is 22.7 Å². The topological polar surface area (TPSA) is 15.8 Å². The van der Waals surface area contributed by atoms with E-state index in [9.17, 15) is 0 Å². The van der Waals surface area contributed by atoms with Crippen LogP contribution in [0.5, 0.6) is 0 Å². The minimum atomic E-state index is 0.202. The SMILES string of the molecule is c1ccc(C(c2ccccc2)c2cc3cc4ccccc4cc3[nH]2)cc1. The molecule has 0 aliphatic rings. The lowest BCUT2D eigenvalue weighted by molar-refractivity contribution is 0.939. The van der Waals surface area contributed by atoms with Crippen molar-refractivity contribution in [1.82, 2.24) is 4.98 Å². The lowest BCUT2D eigenvalue weighted by Crippen LogP contribution is -2.03. The Labute approximate surface area is 152 Å². The monoisotopic (exact) mass is 333 g/mol. The molecule has 5 rings (SSSR count). The third kappa shape index (κ3) is 2.58. The van der Waals surface area contributed by atoms with Crippen LogP contribution >= 0.6 is 0 Å². The van der Waals surface area contributed by atoms with Crippen molar-refractivity contribution in [3.05, 3.63) is 120 Å². The summed E-state index contributed by atoms with van der Waals surface area (Å²) >= 11 is 0. The van der Waals surface area contributed by atoms with E-state index in [1.165, 1.54) is 38.5 Å². The molecule has 0 aliphatic carbocycles. The van der Waals surface area contributed by atoms with E-state index in [1.54, 1.807) is 0 Å². The summed E-state index contributed by atoms with van der Waals surface area (Å²) in [5, 5.41) is 3.81. The molecule has 1 N–H and O–H groups in total. The maximum atomic E-state index is 3.68. The second kappa shape index (κ2) is 6.20. The summed E-state index contributed by atoms with van der Waals surface area (Å²) in [5.74, 6) is 0.202. The number of nitrogens with one attached hydrogen (secondary N) is 1. The molecule has 0 spiro atoms. The Morgan fingerprint density at radius 2 is 1.04 bits per heavy atom. The molecule has 0 saturated carbocycles. The summed E-state index contributed by atoms with van der Waals surface area (Å²) in [6.45, 7) is 0. The maximum Gasteiger partial charge on any atom is 0.0491 e. The molecule has 0 radical (unpaired) electrons. The average molecular weight is 333 g/mol. The summed E-state index contributed by atoms with van der Waals surface area (Å²) in [5.41, 5.74) is 5.02. The Kier molecular flexibility index (Phi) is 3.57. The molecule has 124 valence electrons. The van der Waals surface area contributed by atoms with Gasteiger partial charge >= 0.3 is 0 Å². The van der Waals surface area contributed by atoms with Gasteiger partial charge < -0.3 is 4.98 Å². The molecule has 0 bridgehead atoms. The van der Waals surface area contributed by atoms with Crippen molar-refractivity contribution in [2.24, 2.45) is 0 Å². The number of benzene rings is 4. The first-order valence-corrected chi connectivity index (χ1v) is 9.00. The van der Waals surface area contributed by atoms with Gasteiger partial charge in [0.1, 0.15) is 0 Å². The fourth-order valence-corrected chi connectivity index (χ4v) is 3.84. The van der Waals surface area contributed by atoms with Crippen LogP contribution < -0.4 is 0 Å². The summed E-state index contributed by atoms with van der Waals surface area (Å²) in [7, 11) is 0. The van der Waals surface area contributed by atoms with Crippen molar-refractivity contribution in [2.75, 3.05) is 0 Å². The fourth-order valence-electron chi connectivity index (χ4n) is 3.84. The minimum Gasteiger partial charge on any atom is -0.358 e. The molecule has 1 heterocycles. The highest BCUT2D eigenvalue weighted by Gasteiger charge is 2.18. The fraction of sp³-hybridized carbons (Fsp3) is 0.0400. The molecule has 0 amide bonds. The molecular formula is C25H19N. The van der Waals surface area contributed by atoms with Crippen LogP contribution in [0, 0.1) is 0 Å². The van der Waals surface area contributed by atoms with Crippen molar-refractivity contribution < 1.29 is 0 Å². The van der Waals surface area contributed by atoms with Gasteiger partial charge in [0.2, 0.25) is 0 Å². The summed E-state index contributed by atoms with van der Waals surface area (Å²) < 4.78 is 0. The van der Waals surface area contributed by atoms with E-state index in [2.05, 4.69) is 108 Å².